The first-order chi connectivity index (χ1) is 9.76. The largest absolute Gasteiger partial charge is 0.489 e. The van der Waals surface area contributed by atoms with E-state index in [1.54, 1.807) is 7.11 Å². The fourth-order valence-corrected chi connectivity index (χ4v) is 3.72. The molecule has 2 fully saturated rings. The van der Waals surface area contributed by atoms with Crippen LogP contribution < -0.4 is 10.1 Å². The highest BCUT2D eigenvalue weighted by molar-refractivity contribution is 5.58. The van der Waals surface area contributed by atoms with Gasteiger partial charge < -0.3 is 14.8 Å². The number of fused-ring (bicyclic) bond motifs is 2. The van der Waals surface area contributed by atoms with Crippen LogP contribution in [0.25, 0.3) is 0 Å². The molecule has 2 aliphatic rings. The van der Waals surface area contributed by atoms with Crippen molar-refractivity contribution in [2.24, 2.45) is 11.8 Å². The van der Waals surface area contributed by atoms with Gasteiger partial charge in [0, 0.05) is 13.2 Å². The molecule has 0 heterocycles. The van der Waals surface area contributed by atoms with Gasteiger partial charge in [-0.25, -0.2) is 0 Å². The monoisotopic (exact) mass is 275 g/mol. The fourth-order valence-electron chi connectivity index (χ4n) is 3.72. The number of nitrogens with one attached hydrogen (secondary N) is 1. The Kier molecular flexibility index (Phi) is 4.16. The highest BCUT2D eigenvalue weighted by atomic mass is 16.5. The van der Waals surface area contributed by atoms with Crippen LogP contribution >= 0.6 is 0 Å². The first-order valence-corrected chi connectivity index (χ1v) is 7.75. The molecule has 0 aliphatic heterocycles. The van der Waals surface area contributed by atoms with Crippen LogP contribution in [0.15, 0.2) is 18.2 Å². The van der Waals surface area contributed by atoms with Crippen molar-refractivity contribution in [1.29, 1.82) is 0 Å². The SMILES string of the molecule is COCCOc1cc(C)ccc1NC1CC2CCC1C2. The van der Waals surface area contributed by atoms with E-state index in [1.165, 1.54) is 31.2 Å². The molecule has 0 saturated heterocycles. The molecule has 2 bridgehead atoms. The number of methoxy groups -OCH3 is 1. The number of anilines is 1. The maximum Gasteiger partial charge on any atom is 0.142 e. The first-order valence-electron chi connectivity index (χ1n) is 7.75. The zero-order chi connectivity index (χ0) is 13.9. The lowest BCUT2D eigenvalue weighted by molar-refractivity contribution is 0.146. The Hall–Kier alpha value is -1.22. The van der Waals surface area contributed by atoms with E-state index >= 15 is 0 Å². The van der Waals surface area contributed by atoms with Gasteiger partial charge in [-0.2, -0.15) is 0 Å². The molecule has 1 aromatic carbocycles. The van der Waals surface area contributed by atoms with Crippen molar-refractivity contribution in [3.63, 3.8) is 0 Å². The molecule has 0 radical (unpaired) electrons. The third-order valence-electron chi connectivity index (χ3n) is 4.76. The molecule has 3 heteroatoms. The number of hydrogen-bond donors (Lipinski definition) is 1. The lowest BCUT2D eigenvalue weighted by atomic mass is 9.95. The molecule has 20 heavy (non-hydrogen) atoms. The van der Waals surface area contributed by atoms with Crippen molar-refractivity contribution in [2.45, 2.75) is 38.6 Å². The van der Waals surface area contributed by atoms with Crippen molar-refractivity contribution in [1.82, 2.24) is 0 Å². The van der Waals surface area contributed by atoms with Crippen LogP contribution in [0.5, 0.6) is 5.75 Å². The van der Waals surface area contributed by atoms with E-state index in [0.717, 1.165) is 23.3 Å². The molecule has 2 aliphatic carbocycles. The minimum absolute atomic E-state index is 0.603. The lowest BCUT2D eigenvalue weighted by Crippen LogP contribution is -2.26. The summed E-state index contributed by atoms with van der Waals surface area (Å²) < 4.78 is 10.9. The summed E-state index contributed by atoms with van der Waals surface area (Å²) in [5.41, 5.74) is 2.38. The molecule has 1 aromatic rings. The Bertz CT molecular complexity index is 460. The Morgan fingerprint density at radius 1 is 1.20 bits per heavy atom. The van der Waals surface area contributed by atoms with Gasteiger partial charge in [0.05, 0.1) is 12.3 Å². The van der Waals surface area contributed by atoms with E-state index in [1.807, 2.05) is 0 Å². The average molecular weight is 275 g/mol. The summed E-state index contributed by atoms with van der Waals surface area (Å²) in [5, 5.41) is 3.73. The van der Waals surface area contributed by atoms with Crippen LogP contribution in [0, 0.1) is 18.8 Å². The standard InChI is InChI=1S/C17H25NO2/c1-12-3-6-15(17(9-12)20-8-7-19-2)18-16-11-13-4-5-14(16)10-13/h3,6,9,13-14,16,18H,4-5,7-8,10-11H2,1-2H3. The van der Waals surface area contributed by atoms with E-state index in [0.29, 0.717) is 19.3 Å². The molecule has 0 aromatic heterocycles. The summed E-state index contributed by atoms with van der Waals surface area (Å²) in [6.45, 7) is 3.33. The molecule has 3 unspecified atom stereocenters. The third-order valence-corrected chi connectivity index (χ3v) is 4.76. The van der Waals surface area contributed by atoms with Gasteiger partial charge in [0.25, 0.3) is 0 Å². The third kappa shape index (κ3) is 2.93. The topological polar surface area (TPSA) is 30.5 Å². The summed E-state index contributed by atoms with van der Waals surface area (Å²) in [5.74, 6) is 2.79. The number of aryl methyl sites for hydroxylation is 1. The normalized spacial score (nSPS) is 27.8. The van der Waals surface area contributed by atoms with Gasteiger partial charge in [0.2, 0.25) is 0 Å². The molecule has 3 atom stereocenters. The summed E-state index contributed by atoms with van der Waals surface area (Å²) in [7, 11) is 1.70. The predicted molar refractivity (Wildman–Crippen MR) is 81.4 cm³/mol. The minimum Gasteiger partial charge on any atom is -0.489 e. The predicted octanol–water partition coefficient (Wildman–Crippen LogP) is 3.62. The van der Waals surface area contributed by atoms with E-state index in [4.69, 9.17) is 9.47 Å². The molecule has 1 N–H and O–H groups in total. The molecule has 0 spiro atoms. The lowest BCUT2D eigenvalue weighted by Gasteiger charge is -2.25. The van der Waals surface area contributed by atoms with E-state index in [-0.39, 0.29) is 0 Å². The summed E-state index contributed by atoms with van der Waals surface area (Å²) >= 11 is 0. The van der Waals surface area contributed by atoms with Crippen LogP contribution in [0.1, 0.15) is 31.2 Å². The average Bonchev–Trinajstić information content (AvgIpc) is 3.04. The van der Waals surface area contributed by atoms with Crippen LogP contribution in [0.2, 0.25) is 0 Å². The summed E-state index contributed by atoms with van der Waals surface area (Å²) in [6, 6.07) is 7.06. The van der Waals surface area contributed by atoms with Gasteiger partial charge in [0.1, 0.15) is 12.4 Å². The highest BCUT2D eigenvalue weighted by Gasteiger charge is 2.39. The highest BCUT2D eigenvalue weighted by Crippen LogP contribution is 2.46. The number of rotatable bonds is 6. The first kappa shape index (κ1) is 13.7. The van der Waals surface area contributed by atoms with Gasteiger partial charge in [0.15, 0.2) is 0 Å². The second-order valence-electron chi connectivity index (χ2n) is 6.27. The minimum atomic E-state index is 0.603. The summed E-state index contributed by atoms with van der Waals surface area (Å²) in [6.07, 6.45) is 5.58. The molecular formula is C17H25NO2. The molecule has 110 valence electrons. The number of benzene rings is 1. The second kappa shape index (κ2) is 6.04. The Balaban J connectivity index is 1.68. The molecule has 3 rings (SSSR count). The van der Waals surface area contributed by atoms with E-state index < -0.39 is 0 Å². The van der Waals surface area contributed by atoms with Gasteiger partial charge in [-0.3, -0.25) is 0 Å². The van der Waals surface area contributed by atoms with Gasteiger partial charge in [-0.1, -0.05) is 12.5 Å². The summed E-state index contributed by atoms with van der Waals surface area (Å²) in [4.78, 5) is 0. The maximum absolute atomic E-state index is 5.86. The van der Waals surface area contributed by atoms with Crippen molar-refractivity contribution >= 4 is 5.69 Å². The number of ether oxygens (including phenoxy) is 2. The molecule has 0 amide bonds. The second-order valence-corrected chi connectivity index (χ2v) is 6.27. The molecule has 3 nitrogen and oxygen atoms in total. The van der Waals surface area contributed by atoms with Gasteiger partial charge in [-0.05, 0) is 55.7 Å². The zero-order valence-electron chi connectivity index (χ0n) is 12.5. The fraction of sp³-hybridized carbons (Fsp3) is 0.647. The van der Waals surface area contributed by atoms with Crippen molar-refractivity contribution in [2.75, 3.05) is 25.6 Å². The van der Waals surface area contributed by atoms with Gasteiger partial charge >= 0.3 is 0 Å². The Morgan fingerprint density at radius 3 is 2.80 bits per heavy atom. The number of hydrogen-bond acceptors (Lipinski definition) is 3. The Morgan fingerprint density at radius 2 is 2.10 bits per heavy atom. The van der Waals surface area contributed by atoms with Crippen LogP contribution in [0.4, 0.5) is 5.69 Å². The quantitative estimate of drug-likeness (QED) is 0.804. The van der Waals surface area contributed by atoms with Crippen molar-refractivity contribution in [3.05, 3.63) is 23.8 Å². The van der Waals surface area contributed by atoms with Crippen molar-refractivity contribution < 1.29 is 9.47 Å². The maximum atomic E-state index is 5.86. The van der Waals surface area contributed by atoms with E-state index in [2.05, 4.69) is 30.4 Å². The van der Waals surface area contributed by atoms with Crippen molar-refractivity contribution in [3.8, 4) is 5.75 Å². The van der Waals surface area contributed by atoms with Crippen LogP contribution in [0.3, 0.4) is 0 Å². The molecule has 2 saturated carbocycles. The van der Waals surface area contributed by atoms with Gasteiger partial charge in [-0.15, -0.1) is 0 Å². The Labute approximate surface area is 121 Å². The van der Waals surface area contributed by atoms with Crippen LogP contribution in [-0.2, 0) is 4.74 Å². The van der Waals surface area contributed by atoms with Crippen LogP contribution in [-0.4, -0.2) is 26.4 Å². The smallest absolute Gasteiger partial charge is 0.142 e. The zero-order valence-corrected chi connectivity index (χ0v) is 12.5. The molecular weight excluding hydrogens is 250 g/mol. The van der Waals surface area contributed by atoms with E-state index in [9.17, 15) is 0 Å².